The summed E-state index contributed by atoms with van der Waals surface area (Å²) in [6, 6.07) is 63.9. The molecular formula is C62H53BN2OS. The van der Waals surface area contributed by atoms with Crippen molar-refractivity contribution in [1.29, 1.82) is 0 Å². The number of hydrogen-bond donors (Lipinski definition) is 0. The van der Waals surface area contributed by atoms with E-state index in [1.54, 1.807) is 0 Å². The van der Waals surface area contributed by atoms with E-state index in [2.05, 4.69) is 228 Å². The second-order valence-corrected chi connectivity index (χ2v) is 22.6. The van der Waals surface area contributed by atoms with Gasteiger partial charge in [0.15, 0.2) is 0 Å². The first-order chi connectivity index (χ1) is 32.4. The van der Waals surface area contributed by atoms with Crippen LogP contribution in [0.5, 0.6) is 0 Å². The van der Waals surface area contributed by atoms with E-state index in [1.165, 1.54) is 105 Å². The van der Waals surface area contributed by atoms with Crippen molar-refractivity contribution in [2.45, 2.75) is 77.6 Å². The Hall–Kier alpha value is -6.82. The molecule has 0 saturated carbocycles. The lowest BCUT2D eigenvalue weighted by molar-refractivity contribution is 0.332. The minimum Gasteiger partial charge on any atom is -0.440 e. The van der Waals surface area contributed by atoms with E-state index in [1.807, 2.05) is 11.3 Å². The first kappa shape index (κ1) is 40.5. The number of para-hydroxylation sites is 1. The molecule has 4 heterocycles. The maximum Gasteiger partial charge on any atom is 0.337 e. The molecule has 2 aliphatic heterocycles. The number of hydrogen-bond acceptors (Lipinski definition) is 4. The van der Waals surface area contributed by atoms with Gasteiger partial charge in [0.25, 0.3) is 0 Å². The first-order valence-corrected chi connectivity index (χ1v) is 24.8. The fourth-order valence-electron chi connectivity index (χ4n) is 11.8. The molecule has 8 aromatic carbocycles. The molecule has 3 nitrogen and oxygen atoms in total. The van der Waals surface area contributed by atoms with Crippen molar-refractivity contribution in [2.24, 2.45) is 0 Å². The van der Waals surface area contributed by atoms with Gasteiger partial charge in [-0.3, -0.25) is 4.90 Å². The normalized spacial score (nSPS) is 15.7. The number of thiophene rings is 1. The van der Waals surface area contributed by atoms with E-state index in [9.17, 15) is 0 Å². The molecule has 0 amide bonds. The summed E-state index contributed by atoms with van der Waals surface area (Å²) in [6.45, 7) is 16.5. The van der Waals surface area contributed by atoms with Gasteiger partial charge in [-0.1, -0.05) is 164 Å². The molecule has 67 heavy (non-hydrogen) atoms. The van der Waals surface area contributed by atoms with Crippen molar-refractivity contribution in [3.05, 3.63) is 187 Å². The molecule has 10 aromatic rings. The fraction of sp³-hybridized carbons (Fsp3) is 0.194. The molecule has 0 N–H and O–H groups in total. The highest BCUT2D eigenvalue weighted by Gasteiger charge is 2.50. The molecule has 5 heteroatoms. The monoisotopic (exact) mass is 884 g/mol. The molecule has 0 atom stereocenters. The van der Waals surface area contributed by atoms with Gasteiger partial charge in [-0.05, 0) is 128 Å². The standard InChI is InChI=1S/C62H53BN2OS/c1-60(2,3)41-27-31-51(45(35-41)39-20-12-9-13-21-39)64-57-55-47(37-48-43-22-15-17-25-54(43)67-58(48)57)46-34-40(38-18-10-8-11-19-38)26-30-52(46)65(63(55)56-44-23-14-16-24-53(44)66-59(56)64)42-28-29-49-50(36-42)62(6,7)33-32-61(49,4)5/h8-31,34-37H,32-33H2,1-7H3. The van der Waals surface area contributed by atoms with Crippen LogP contribution in [0.4, 0.5) is 28.6 Å². The summed E-state index contributed by atoms with van der Waals surface area (Å²) >= 11 is 1.91. The molecule has 1 aliphatic carbocycles. The predicted molar refractivity (Wildman–Crippen MR) is 288 cm³/mol. The van der Waals surface area contributed by atoms with Gasteiger partial charge in [0.2, 0.25) is 5.88 Å². The van der Waals surface area contributed by atoms with Crippen molar-refractivity contribution < 1.29 is 4.42 Å². The third kappa shape index (κ3) is 6.03. The van der Waals surface area contributed by atoms with Crippen LogP contribution in [-0.4, -0.2) is 6.85 Å². The van der Waals surface area contributed by atoms with E-state index >= 15 is 0 Å². The average Bonchev–Trinajstić information content (AvgIpc) is 3.92. The van der Waals surface area contributed by atoms with Crippen molar-refractivity contribution in [3.8, 4) is 33.4 Å². The van der Waals surface area contributed by atoms with Crippen LogP contribution < -0.4 is 20.6 Å². The van der Waals surface area contributed by atoms with Crippen molar-refractivity contribution in [2.75, 3.05) is 9.71 Å². The Morgan fingerprint density at radius 3 is 1.97 bits per heavy atom. The summed E-state index contributed by atoms with van der Waals surface area (Å²) in [5.41, 5.74) is 19.7. The quantitative estimate of drug-likeness (QED) is 0.164. The molecule has 0 bridgehead atoms. The lowest BCUT2D eigenvalue weighted by Crippen LogP contribution is -2.61. The number of anilines is 5. The second-order valence-electron chi connectivity index (χ2n) is 21.5. The van der Waals surface area contributed by atoms with Crippen molar-refractivity contribution in [3.63, 3.8) is 0 Å². The van der Waals surface area contributed by atoms with E-state index in [-0.39, 0.29) is 23.1 Å². The summed E-state index contributed by atoms with van der Waals surface area (Å²) in [6.07, 6.45) is 2.32. The summed E-state index contributed by atoms with van der Waals surface area (Å²) in [5, 5.41) is 3.69. The zero-order chi connectivity index (χ0) is 45.6. The number of furan rings is 1. The van der Waals surface area contributed by atoms with Crippen LogP contribution in [0, 0.1) is 0 Å². The van der Waals surface area contributed by atoms with Crippen molar-refractivity contribution in [1.82, 2.24) is 0 Å². The van der Waals surface area contributed by atoms with Gasteiger partial charge < -0.3 is 9.23 Å². The van der Waals surface area contributed by atoms with Gasteiger partial charge in [-0.15, -0.1) is 11.3 Å². The van der Waals surface area contributed by atoms with Crippen LogP contribution in [0.2, 0.25) is 0 Å². The van der Waals surface area contributed by atoms with E-state index in [4.69, 9.17) is 4.42 Å². The number of benzene rings is 8. The molecule has 0 saturated heterocycles. The average molecular weight is 885 g/mol. The third-order valence-electron chi connectivity index (χ3n) is 15.5. The highest BCUT2D eigenvalue weighted by Crippen LogP contribution is 2.56. The van der Waals surface area contributed by atoms with Crippen LogP contribution >= 0.6 is 11.3 Å². The molecule has 13 rings (SSSR count). The summed E-state index contributed by atoms with van der Waals surface area (Å²) in [7, 11) is 0. The van der Waals surface area contributed by atoms with Gasteiger partial charge >= 0.3 is 6.85 Å². The molecule has 2 aromatic heterocycles. The van der Waals surface area contributed by atoms with E-state index < -0.39 is 0 Å². The molecule has 0 fully saturated rings. The van der Waals surface area contributed by atoms with Crippen LogP contribution in [-0.2, 0) is 16.2 Å². The van der Waals surface area contributed by atoms with Gasteiger partial charge in [-0.25, -0.2) is 0 Å². The van der Waals surface area contributed by atoms with Gasteiger partial charge in [0.1, 0.15) is 5.58 Å². The Balaban J connectivity index is 1.20. The zero-order valence-electron chi connectivity index (χ0n) is 39.4. The molecule has 0 radical (unpaired) electrons. The maximum atomic E-state index is 7.43. The van der Waals surface area contributed by atoms with Gasteiger partial charge in [0, 0.05) is 48.8 Å². The molecular weight excluding hydrogens is 832 g/mol. The first-order valence-electron chi connectivity index (χ1n) is 24.0. The Morgan fingerprint density at radius 2 is 1.21 bits per heavy atom. The van der Waals surface area contributed by atoms with Gasteiger partial charge in [0.05, 0.1) is 16.1 Å². The molecule has 0 unspecified atom stereocenters. The summed E-state index contributed by atoms with van der Waals surface area (Å²) < 4.78 is 9.98. The van der Waals surface area contributed by atoms with Crippen LogP contribution in [0.3, 0.4) is 0 Å². The van der Waals surface area contributed by atoms with Gasteiger partial charge in [-0.2, -0.15) is 0 Å². The fourth-order valence-corrected chi connectivity index (χ4v) is 13.0. The number of rotatable bonds is 4. The summed E-state index contributed by atoms with van der Waals surface area (Å²) in [5.74, 6) is 0.879. The largest absolute Gasteiger partial charge is 0.440 e. The number of nitrogens with zero attached hydrogens (tertiary/aromatic N) is 2. The maximum absolute atomic E-state index is 7.43. The molecule has 0 spiro atoms. The third-order valence-corrected chi connectivity index (χ3v) is 16.7. The Bertz CT molecular complexity index is 3650. The minimum atomic E-state index is -0.198. The highest BCUT2D eigenvalue weighted by atomic mass is 32.1. The predicted octanol–water partition coefficient (Wildman–Crippen LogP) is 16.5. The summed E-state index contributed by atoms with van der Waals surface area (Å²) in [4.78, 5) is 5.21. The Labute approximate surface area is 398 Å². The van der Waals surface area contributed by atoms with E-state index in [0.717, 1.165) is 29.0 Å². The second kappa shape index (κ2) is 14.3. The highest BCUT2D eigenvalue weighted by molar-refractivity contribution is 7.26. The van der Waals surface area contributed by atoms with Crippen LogP contribution in [0.25, 0.3) is 64.5 Å². The zero-order valence-corrected chi connectivity index (χ0v) is 40.2. The molecule has 3 aliphatic rings. The van der Waals surface area contributed by atoms with E-state index in [0.29, 0.717) is 0 Å². The minimum absolute atomic E-state index is 0.0346. The number of fused-ring (bicyclic) bond motifs is 11. The van der Waals surface area contributed by atoms with Crippen LogP contribution in [0.1, 0.15) is 78.0 Å². The smallest absolute Gasteiger partial charge is 0.337 e. The molecule has 326 valence electrons. The Kier molecular flexibility index (Phi) is 8.66. The topological polar surface area (TPSA) is 19.6 Å². The van der Waals surface area contributed by atoms with Crippen LogP contribution in [0.15, 0.2) is 174 Å². The lowest BCUT2D eigenvalue weighted by atomic mass is 9.43. The SMILES string of the molecule is CC(C)(C)c1ccc(N2c3oc4ccccc4c3B3c4c(cc5c(sc6ccccc65)c42)-c2cc(-c4ccccc4)ccc2N3c2ccc3c(c2)C(C)(C)CCC3(C)C)c(-c2ccccc2)c1. The lowest BCUT2D eigenvalue weighted by Gasteiger charge is -2.46. The Morgan fingerprint density at radius 1 is 0.537 bits per heavy atom. The van der Waals surface area contributed by atoms with Crippen molar-refractivity contribution >= 4 is 88.9 Å².